The fourth-order valence-electron chi connectivity index (χ4n) is 2.40. The summed E-state index contributed by atoms with van der Waals surface area (Å²) in [5.74, 6) is -0.591. The van der Waals surface area contributed by atoms with E-state index in [-0.39, 0.29) is 30.7 Å². The molecule has 1 unspecified atom stereocenters. The second kappa shape index (κ2) is 8.03. The molecule has 2 rings (SSSR count). The molecule has 2 amide bonds. The van der Waals surface area contributed by atoms with Gasteiger partial charge in [-0.2, -0.15) is 0 Å². The highest BCUT2D eigenvalue weighted by molar-refractivity contribution is 5.91. The summed E-state index contributed by atoms with van der Waals surface area (Å²) in [4.78, 5) is 26.6. The lowest BCUT2D eigenvalue weighted by atomic mass is 10.2. The fourth-order valence-corrected chi connectivity index (χ4v) is 2.40. The Labute approximate surface area is 135 Å². The number of carbonyl (C=O) groups is 2. The smallest absolute Gasteiger partial charge is 0.279 e. The molecular formula is C16H23FN3O3+. The highest BCUT2D eigenvalue weighted by Gasteiger charge is 2.21. The lowest BCUT2D eigenvalue weighted by Crippen LogP contribution is -3.11. The molecule has 1 heterocycles. The van der Waals surface area contributed by atoms with Crippen molar-refractivity contribution < 1.29 is 23.6 Å². The molecule has 23 heavy (non-hydrogen) atoms. The Morgan fingerprint density at radius 3 is 2.65 bits per heavy atom. The average Bonchev–Trinajstić information content (AvgIpc) is 2.51. The van der Waals surface area contributed by atoms with E-state index in [0.29, 0.717) is 37.6 Å². The number of morpholine rings is 1. The van der Waals surface area contributed by atoms with Crippen LogP contribution in [-0.2, 0) is 14.3 Å². The number of hydrogen-bond donors (Lipinski definition) is 2. The number of nitrogens with zero attached hydrogens (tertiary/aromatic N) is 1. The summed E-state index contributed by atoms with van der Waals surface area (Å²) in [6, 6.07) is 4.56. The Morgan fingerprint density at radius 2 is 2.00 bits per heavy atom. The van der Waals surface area contributed by atoms with E-state index in [9.17, 15) is 14.0 Å². The van der Waals surface area contributed by atoms with Gasteiger partial charge in [-0.05, 0) is 24.6 Å². The Morgan fingerprint density at radius 1 is 1.30 bits per heavy atom. The molecule has 1 aliphatic rings. The number of likely N-dealkylation sites (N-methyl/N-ethyl adjacent to an activating group) is 1. The zero-order valence-electron chi connectivity index (χ0n) is 13.5. The number of nitrogens with one attached hydrogen (secondary N) is 2. The largest absolute Gasteiger partial charge is 0.378 e. The number of amides is 2. The number of halogens is 1. The zero-order valence-corrected chi connectivity index (χ0v) is 13.5. The van der Waals surface area contributed by atoms with Gasteiger partial charge < -0.3 is 19.9 Å². The van der Waals surface area contributed by atoms with Gasteiger partial charge >= 0.3 is 0 Å². The molecule has 0 radical (unpaired) electrons. The second-order valence-corrected chi connectivity index (χ2v) is 5.82. The zero-order chi connectivity index (χ0) is 16.8. The first kappa shape index (κ1) is 17.4. The summed E-state index contributed by atoms with van der Waals surface area (Å²) >= 11 is 0. The molecule has 0 spiro atoms. The second-order valence-electron chi connectivity index (χ2n) is 5.82. The number of hydrogen-bond acceptors (Lipinski definition) is 3. The first-order chi connectivity index (χ1) is 11.0. The predicted molar refractivity (Wildman–Crippen MR) is 83.8 cm³/mol. The minimum Gasteiger partial charge on any atom is -0.378 e. The van der Waals surface area contributed by atoms with Crippen molar-refractivity contribution >= 4 is 17.5 Å². The lowest BCUT2D eigenvalue weighted by Gasteiger charge is -2.27. The number of benzene rings is 1. The fraction of sp³-hybridized carbons (Fsp3) is 0.500. The SMILES string of the molecule is Cc1ccc(NC(=O)C[NH+](C)CC(=O)N2CCOCC2)cc1F. The molecule has 0 aliphatic carbocycles. The van der Waals surface area contributed by atoms with Crippen LogP contribution in [0.5, 0.6) is 0 Å². The van der Waals surface area contributed by atoms with Crippen molar-refractivity contribution in [3.8, 4) is 0 Å². The highest BCUT2D eigenvalue weighted by atomic mass is 19.1. The molecule has 1 saturated heterocycles. The maximum atomic E-state index is 13.5. The van der Waals surface area contributed by atoms with Crippen LogP contribution >= 0.6 is 0 Å². The van der Waals surface area contributed by atoms with Crippen molar-refractivity contribution in [3.63, 3.8) is 0 Å². The number of carbonyl (C=O) groups excluding carboxylic acids is 2. The van der Waals surface area contributed by atoms with Gasteiger partial charge in [0, 0.05) is 18.8 Å². The molecule has 1 fully saturated rings. The molecule has 126 valence electrons. The Hall–Kier alpha value is -1.99. The number of rotatable bonds is 5. The van der Waals surface area contributed by atoms with Crippen molar-refractivity contribution in [1.29, 1.82) is 0 Å². The number of anilines is 1. The first-order valence-electron chi connectivity index (χ1n) is 7.68. The summed E-state index contributed by atoms with van der Waals surface area (Å²) in [5.41, 5.74) is 0.951. The van der Waals surface area contributed by atoms with Crippen LogP contribution in [-0.4, -0.2) is 63.2 Å². The Bertz CT molecular complexity index is 574. The molecule has 2 N–H and O–H groups in total. The standard InChI is InChI=1S/C16H22FN3O3/c1-12-3-4-13(9-14(12)17)18-15(21)10-19(2)11-16(22)20-5-7-23-8-6-20/h3-4,9H,5-8,10-11H2,1-2H3,(H,18,21)/p+1. The molecule has 6 nitrogen and oxygen atoms in total. The third-order valence-corrected chi connectivity index (χ3v) is 3.73. The number of ether oxygens (including phenoxy) is 1. The Kier molecular flexibility index (Phi) is 6.06. The summed E-state index contributed by atoms with van der Waals surface area (Å²) in [5, 5.41) is 2.65. The number of quaternary nitrogens is 1. The topological polar surface area (TPSA) is 63.1 Å². The van der Waals surface area contributed by atoms with E-state index in [1.54, 1.807) is 31.0 Å². The van der Waals surface area contributed by atoms with Gasteiger partial charge in [0.2, 0.25) is 0 Å². The van der Waals surface area contributed by atoms with Crippen molar-refractivity contribution in [3.05, 3.63) is 29.6 Å². The van der Waals surface area contributed by atoms with Gasteiger partial charge in [-0.25, -0.2) is 4.39 Å². The van der Waals surface area contributed by atoms with Gasteiger partial charge in [-0.15, -0.1) is 0 Å². The minimum atomic E-state index is -0.356. The highest BCUT2D eigenvalue weighted by Crippen LogP contribution is 2.13. The summed E-state index contributed by atoms with van der Waals surface area (Å²) in [6.07, 6.45) is 0. The van der Waals surface area contributed by atoms with Crippen LogP contribution < -0.4 is 10.2 Å². The van der Waals surface area contributed by atoms with Crippen LogP contribution in [0, 0.1) is 12.7 Å². The van der Waals surface area contributed by atoms with E-state index >= 15 is 0 Å². The van der Waals surface area contributed by atoms with Gasteiger partial charge in [0.15, 0.2) is 13.1 Å². The van der Waals surface area contributed by atoms with Crippen molar-refractivity contribution in [2.75, 3.05) is 51.8 Å². The average molecular weight is 324 g/mol. The third-order valence-electron chi connectivity index (χ3n) is 3.73. The third kappa shape index (κ3) is 5.30. The van der Waals surface area contributed by atoms with E-state index < -0.39 is 0 Å². The van der Waals surface area contributed by atoms with Crippen molar-refractivity contribution in [2.45, 2.75) is 6.92 Å². The Balaban J connectivity index is 1.79. The maximum absolute atomic E-state index is 13.5. The first-order valence-corrected chi connectivity index (χ1v) is 7.68. The van der Waals surface area contributed by atoms with E-state index in [1.165, 1.54) is 6.07 Å². The molecule has 0 bridgehead atoms. The molecule has 7 heteroatoms. The van der Waals surface area contributed by atoms with Gasteiger partial charge in [0.25, 0.3) is 11.8 Å². The van der Waals surface area contributed by atoms with E-state index in [0.717, 1.165) is 4.90 Å². The van der Waals surface area contributed by atoms with Crippen molar-refractivity contribution in [2.24, 2.45) is 0 Å². The van der Waals surface area contributed by atoms with Crippen LogP contribution in [0.2, 0.25) is 0 Å². The van der Waals surface area contributed by atoms with Gasteiger partial charge in [-0.3, -0.25) is 9.59 Å². The summed E-state index contributed by atoms with van der Waals surface area (Å²) in [6.45, 7) is 4.37. The van der Waals surface area contributed by atoms with E-state index in [1.807, 2.05) is 0 Å². The normalized spacial score (nSPS) is 16.0. The molecule has 1 aromatic rings. The van der Waals surface area contributed by atoms with E-state index in [4.69, 9.17) is 4.74 Å². The van der Waals surface area contributed by atoms with Crippen LogP contribution in [0.15, 0.2) is 18.2 Å². The molecule has 1 aliphatic heterocycles. The molecule has 0 aromatic heterocycles. The van der Waals surface area contributed by atoms with Crippen molar-refractivity contribution in [1.82, 2.24) is 4.90 Å². The molecule has 1 aromatic carbocycles. The minimum absolute atomic E-state index is 0.0139. The summed E-state index contributed by atoms with van der Waals surface area (Å²) in [7, 11) is 1.79. The lowest BCUT2D eigenvalue weighted by molar-refractivity contribution is -0.862. The number of aryl methyl sites for hydroxylation is 1. The van der Waals surface area contributed by atoms with Gasteiger partial charge in [-0.1, -0.05) is 6.07 Å². The molecule has 0 saturated carbocycles. The maximum Gasteiger partial charge on any atom is 0.279 e. The quantitative estimate of drug-likeness (QED) is 0.764. The van der Waals surface area contributed by atoms with Crippen LogP contribution in [0.3, 0.4) is 0 Å². The van der Waals surface area contributed by atoms with Crippen LogP contribution in [0.4, 0.5) is 10.1 Å². The molecule has 1 atom stereocenters. The van der Waals surface area contributed by atoms with E-state index in [2.05, 4.69) is 5.32 Å². The van der Waals surface area contributed by atoms with Crippen LogP contribution in [0.25, 0.3) is 0 Å². The van der Waals surface area contributed by atoms with Gasteiger partial charge in [0.05, 0.1) is 20.3 Å². The summed E-state index contributed by atoms with van der Waals surface area (Å²) < 4.78 is 18.7. The van der Waals surface area contributed by atoms with Gasteiger partial charge in [0.1, 0.15) is 5.82 Å². The predicted octanol–water partition coefficient (Wildman–Crippen LogP) is -0.554. The van der Waals surface area contributed by atoms with Crippen LogP contribution in [0.1, 0.15) is 5.56 Å². The monoisotopic (exact) mass is 324 g/mol. The molecular weight excluding hydrogens is 301 g/mol.